The van der Waals surface area contributed by atoms with Gasteiger partial charge in [0.05, 0.1) is 5.56 Å². The van der Waals surface area contributed by atoms with Crippen LogP contribution in [-0.4, -0.2) is 29.3 Å². The lowest BCUT2D eigenvalue weighted by Gasteiger charge is -2.13. The van der Waals surface area contributed by atoms with Crippen molar-refractivity contribution in [2.45, 2.75) is 19.4 Å². The molecule has 0 spiro atoms. The molecule has 0 amide bonds. The Hall–Kier alpha value is -1.39. The van der Waals surface area contributed by atoms with E-state index in [1.165, 1.54) is 0 Å². The molecular formula is C13H17NO3. The lowest BCUT2D eigenvalue weighted by atomic mass is 10.1. The van der Waals surface area contributed by atoms with Crippen LogP contribution in [0.2, 0.25) is 0 Å². The fourth-order valence-electron chi connectivity index (χ4n) is 1.91. The average Bonchev–Trinajstić information content (AvgIpc) is 3.10. The molecule has 1 saturated carbocycles. The molecule has 0 aromatic heterocycles. The molecule has 1 aromatic rings. The normalized spacial score (nSPS) is 16.8. The number of aromatic carboxylic acids is 1. The van der Waals surface area contributed by atoms with E-state index in [9.17, 15) is 4.79 Å². The van der Waals surface area contributed by atoms with Crippen molar-refractivity contribution in [3.8, 4) is 0 Å². The van der Waals surface area contributed by atoms with Crippen molar-refractivity contribution in [3.63, 3.8) is 0 Å². The first-order valence-corrected chi connectivity index (χ1v) is 5.80. The summed E-state index contributed by atoms with van der Waals surface area (Å²) < 4.78 is 0. The molecule has 0 saturated heterocycles. The number of carbonyl (C=O) groups is 1. The molecule has 0 bridgehead atoms. The van der Waals surface area contributed by atoms with Gasteiger partial charge in [-0.25, -0.2) is 4.79 Å². The van der Waals surface area contributed by atoms with Crippen LogP contribution in [-0.2, 0) is 6.54 Å². The highest BCUT2D eigenvalue weighted by atomic mass is 16.4. The number of nitrogens with one attached hydrogen (secondary N) is 1. The third kappa shape index (κ3) is 2.84. The van der Waals surface area contributed by atoms with Gasteiger partial charge in [-0.3, -0.25) is 0 Å². The molecule has 0 radical (unpaired) electrons. The highest BCUT2D eigenvalue weighted by molar-refractivity contribution is 5.89. The van der Waals surface area contributed by atoms with Crippen LogP contribution in [0.3, 0.4) is 0 Å². The molecule has 1 aromatic carbocycles. The second kappa shape index (κ2) is 4.85. The van der Waals surface area contributed by atoms with Crippen molar-refractivity contribution < 1.29 is 15.0 Å². The van der Waals surface area contributed by atoms with Crippen LogP contribution in [0, 0.1) is 5.41 Å². The van der Waals surface area contributed by atoms with Crippen LogP contribution in [0.4, 0.5) is 0 Å². The zero-order valence-electron chi connectivity index (χ0n) is 9.65. The number of carboxylic acids is 1. The van der Waals surface area contributed by atoms with E-state index in [-0.39, 0.29) is 12.0 Å². The maximum Gasteiger partial charge on any atom is 0.336 e. The van der Waals surface area contributed by atoms with Crippen molar-refractivity contribution in [1.29, 1.82) is 0 Å². The summed E-state index contributed by atoms with van der Waals surface area (Å²) in [5, 5.41) is 21.4. The maximum absolute atomic E-state index is 11.0. The Bertz CT molecular complexity index is 413. The molecule has 0 unspecified atom stereocenters. The van der Waals surface area contributed by atoms with E-state index >= 15 is 0 Å². The molecule has 1 fully saturated rings. The first-order valence-electron chi connectivity index (χ1n) is 5.80. The first kappa shape index (κ1) is 12.1. The Kier molecular flexibility index (Phi) is 3.45. The van der Waals surface area contributed by atoms with Gasteiger partial charge < -0.3 is 15.5 Å². The van der Waals surface area contributed by atoms with E-state index < -0.39 is 5.97 Å². The number of aliphatic hydroxyl groups is 1. The summed E-state index contributed by atoms with van der Waals surface area (Å²) in [6.07, 6.45) is 2.11. The number of aliphatic hydroxyl groups excluding tert-OH is 1. The van der Waals surface area contributed by atoms with Gasteiger partial charge in [-0.1, -0.05) is 18.2 Å². The Labute approximate surface area is 100 Å². The summed E-state index contributed by atoms with van der Waals surface area (Å²) in [5.41, 5.74) is 1.18. The number of hydrogen-bond acceptors (Lipinski definition) is 3. The molecule has 4 heteroatoms. The quantitative estimate of drug-likeness (QED) is 0.694. The van der Waals surface area contributed by atoms with Crippen molar-refractivity contribution in [1.82, 2.24) is 5.32 Å². The van der Waals surface area contributed by atoms with Gasteiger partial charge in [0, 0.05) is 25.1 Å². The number of benzene rings is 1. The zero-order valence-corrected chi connectivity index (χ0v) is 9.65. The summed E-state index contributed by atoms with van der Waals surface area (Å²) in [6, 6.07) is 6.98. The standard InChI is InChI=1S/C13H17NO3/c15-9-13(5-6-13)8-14-7-10-3-1-2-4-11(10)12(16)17/h1-4,14-15H,5-9H2,(H,16,17). The van der Waals surface area contributed by atoms with E-state index in [0.29, 0.717) is 12.1 Å². The summed E-state index contributed by atoms with van der Waals surface area (Å²) in [6.45, 7) is 1.49. The zero-order chi connectivity index (χ0) is 12.3. The van der Waals surface area contributed by atoms with E-state index in [4.69, 9.17) is 10.2 Å². The van der Waals surface area contributed by atoms with E-state index in [0.717, 1.165) is 24.9 Å². The van der Waals surface area contributed by atoms with Gasteiger partial charge in [0.15, 0.2) is 0 Å². The van der Waals surface area contributed by atoms with Crippen LogP contribution in [0.15, 0.2) is 24.3 Å². The number of carboxylic acid groups (broad SMARTS) is 1. The van der Waals surface area contributed by atoms with Crippen LogP contribution in [0.1, 0.15) is 28.8 Å². The van der Waals surface area contributed by atoms with Gasteiger partial charge in [-0.2, -0.15) is 0 Å². The molecule has 1 aliphatic carbocycles. The molecule has 17 heavy (non-hydrogen) atoms. The average molecular weight is 235 g/mol. The molecule has 0 aliphatic heterocycles. The Morgan fingerprint density at radius 2 is 2.06 bits per heavy atom. The predicted molar refractivity (Wildman–Crippen MR) is 63.9 cm³/mol. The van der Waals surface area contributed by atoms with Crippen LogP contribution in [0.5, 0.6) is 0 Å². The highest BCUT2D eigenvalue weighted by Crippen LogP contribution is 2.44. The van der Waals surface area contributed by atoms with E-state index in [2.05, 4.69) is 5.32 Å². The first-order chi connectivity index (χ1) is 8.17. The van der Waals surface area contributed by atoms with Crippen LogP contribution >= 0.6 is 0 Å². The smallest absolute Gasteiger partial charge is 0.336 e. The van der Waals surface area contributed by atoms with Gasteiger partial charge in [0.2, 0.25) is 0 Å². The second-order valence-electron chi connectivity index (χ2n) is 4.72. The van der Waals surface area contributed by atoms with Crippen LogP contribution < -0.4 is 5.32 Å². The minimum Gasteiger partial charge on any atom is -0.478 e. The predicted octanol–water partition coefficient (Wildman–Crippen LogP) is 1.25. The molecule has 92 valence electrons. The minimum atomic E-state index is -0.898. The van der Waals surface area contributed by atoms with Gasteiger partial charge in [0.25, 0.3) is 0 Å². The van der Waals surface area contributed by atoms with E-state index in [1.807, 2.05) is 12.1 Å². The second-order valence-corrected chi connectivity index (χ2v) is 4.72. The van der Waals surface area contributed by atoms with Crippen LogP contribution in [0.25, 0.3) is 0 Å². The fourth-order valence-corrected chi connectivity index (χ4v) is 1.91. The molecular weight excluding hydrogens is 218 g/mol. The topological polar surface area (TPSA) is 69.6 Å². The third-order valence-corrected chi connectivity index (χ3v) is 3.36. The molecule has 0 heterocycles. The SMILES string of the molecule is O=C(O)c1ccccc1CNCC1(CO)CC1. The summed E-state index contributed by atoms with van der Waals surface area (Å²) >= 11 is 0. The number of rotatable bonds is 6. The summed E-state index contributed by atoms with van der Waals surface area (Å²) in [7, 11) is 0. The molecule has 0 atom stereocenters. The van der Waals surface area contributed by atoms with Gasteiger partial charge in [-0.15, -0.1) is 0 Å². The molecule has 2 rings (SSSR count). The lowest BCUT2D eigenvalue weighted by Crippen LogP contribution is -2.26. The lowest BCUT2D eigenvalue weighted by molar-refractivity contribution is 0.0695. The third-order valence-electron chi connectivity index (χ3n) is 3.36. The van der Waals surface area contributed by atoms with Crippen molar-refractivity contribution in [2.75, 3.05) is 13.2 Å². The van der Waals surface area contributed by atoms with Crippen molar-refractivity contribution in [2.24, 2.45) is 5.41 Å². The molecule has 3 N–H and O–H groups in total. The minimum absolute atomic E-state index is 0.0537. The largest absolute Gasteiger partial charge is 0.478 e. The Morgan fingerprint density at radius 3 is 2.65 bits per heavy atom. The van der Waals surface area contributed by atoms with Crippen molar-refractivity contribution in [3.05, 3.63) is 35.4 Å². The summed E-state index contributed by atoms with van der Waals surface area (Å²) in [5.74, 6) is -0.898. The highest BCUT2D eigenvalue weighted by Gasteiger charge is 2.41. The van der Waals surface area contributed by atoms with Gasteiger partial charge in [-0.05, 0) is 24.5 Å². The molecule has 4 nitrogen and oxygen atoms in total. The molecule has 1 aliphatic rings. The fraction of sp³-hybridized carbons (Fsp3) is 0.462. The van der Waals surface area contributed by atoms with Gasteiger partial charge in [0.1, 0.15) is 0 Å². The Morgan fingerprint density at radius 1 is 1.35 bits per heavy atom. The van der Waals surface area contributed by atoms with Gasteiger partial charge >= 0.3 is 5.97 Å². The maximum atomic E-state index is 11.0. The monoisotopic (exact) mass is 235 g/mol. The number of hydrogen-bond donors (Lipinski definition) is 3. The summed E-state index contributed by atoms with van der Waals surface area (Å²) in [4.78, 5) is 11.0. The van der Waals surface area contributed by atoms with Crippen molar-refractivity contribution >= 4 is 5.97 Å². The Balaban J connectivity index is 1.92. The van der Waals surface area contributed by atoms with E-state index in [1.54, 1.807) is 12.1 Å².